The first-order valence-corrected chi connectivity index (χ1v) is 7.75. The van der Waals surface area contributed by atoms with Crippen molar-refractivity contribution in [2.45, 2.75) is 32.4 Å². The number of anilines is 1. The third kappa shape index (κ3) is 2.96. The van der Waals surface area contributed by atoms with E-state index in [1.807, 2.05) is 0 Å². The van der Waals surface area contributed by atoms with E-state index in [4.69, 9.17) is 0 Å². The molecule has 1 atom stereocenters. The lowest BCUT2D eigenvalue weighted by atomic mass is 10.1. The summed E-state index contributed by atoms with van der Waals surface area (Å²) in [5.74, 6) is -0.121. The van der Waals surface area contributed by atoms with Crippen molar-refractivity contribution >= 4 is 5.69 Å². The summed E-state index contributed by atoms with van der Waals surface area (Å²) >= 11 is 0. The summed E-state index contributed by atoms with van der Waals surface area (Å²) in [6.45, 7) is 8.14. The Morgan fingerprint density at radius 3 is 3.00 bits per heavy atom. The van der Waals surface area contributed by atoms with E-state index >= 15 is 0 Å². The fraction of sp³-hybridized carbons (Fsp3) is 0.625. The summed E-state index contributed by atoms with van der Waals surface area (Å²) in [6, 6.07) is 6.12. The van der Waals surface area contributed by atoms with Gasteiger partial charge >= 0.3 is 0 Å². The minimum absolute atomic E-state index is 0.121. The van der Waals surface area contributed by atoms with Crippen LogP contribution in [-0.4, -0.2) is 43.7 Å². The van der Waals surface area contributed by atoms with Crippen LogP contribution in [0.1, 0.15) is 25.3 Å². The maximum absolute atomic E-state index is 13.8. The third-order valence-corrected chi connectivity index (χ3v) is 4.47. The first-order chi connectivity index (χ1) is 9.76. The van der Waals surface area contributed by atoms with Crippen LogP contribution < -0.4 is 10.2 Å². The predicted molar refractivity (Wildman–Crippen MR) is 80.6 cm³/mol. The number of nitrogens with one attached hydrogen (secondary N) is 1. The van der Waals surface area contributed by atoms with E-state index in [1.165, 1.54) is 19.4 Å². The quantitative estimate of drug-likeness (QED) is 0.910. The highest BCUT2D eigenvalue weighted by atomic mass is 19.1. The zero-order valence-corrected chi connectivity index (χ0v) is 12.2. The number of hydrogen-bond acceptors (Lipinski definition) is 3. The topological polar surface area (TPSA) is 18.5 Å². The molecule has 1 aromatic carbocycles. The normalized spacial score (nSPS) is 23.1. The van der Waals surface area contributed by atoms with Crippen molar-refractivity contribution in [1.82, 2.24) is 10.2 Å². The van der Waals surface area contributed by atoms with Crippen molar-refractivity contribution in [3.63, 3.8) is 0 Å². The number of halogens is 1. The Morgan fingerprint density at radius 2 is 2.15 bits per heavy atom. The van der Waals surface area contributed by atoms with Crippen LogP contribution >= 0.6 is 0 Å². The molecule has 2 heterocycles. The number of fused-ring (bicyclic) bond motifs is 1. The van der Waals surface area contributed by atoms with Crippen LogP contribution in [0.15, 0.2) is 18.2 Å². The maximum atomic E-state index is 13.8. The van der Waals surface area contributed by atoms with E-state index in [2.05, 4.69) is 28.1 Å². The number of benzene rings is 1. The number of hydrogen-bond donors (Lipinski definition) is 1. The summed E-state index contributed by atoms with van der Waals surface area (Å²) in [5, 5.41) is 3.27. The number of piperazine rings is 1. The summed E-state index contributed by atoms with van der Waals surface area (Å²) in [7, 11) is 0. The molecule has 2 aliphatic rings. The minimum Gasteiger partial charge on any atom is -0.369 e. The molecule has 2 aliphatic heterocycles. The van der Waals surface area contributed by atoms with Gasteiger partial charge < -0.3 is 10.2 Å². The molecular formula is C16H24FN3. The van der Waals surface area contributed by atoms with Gasteiger partial charge in [0.2, 0.25) is 0 Å². The van der Waals surface area contributed by atoms with Crippen molar-refractivity contribution in [3.05, 3.63) is 29.6 Å². The van der Waals surface area contributed by atoms with Crippen LogP contribution in [0.2, 0.25) is 0 Å². The molecule has 0 bridgehead atoms. The van der Waals surface area contributed by atoms with Crippen LogP contribution in [-0.2, 0) is 6.54 Å². The fourth-order valence-electron chi connectivity index (χ4n) is 3.41. The SMILES string of the molecule is CCNCc1cc(F)cc(N2CCN3CCCC3C2)c1. The van der Waals surface area contributed by atoms with E-state index in [0.29, 0.717) is 6.04 Å². The van der Waals surface area contributed by atoms with Crippen molar-refractivity contribution in [2.24, 2.45) is 0 Å². The number of rotatable bonds is 4. The van der Waals surface area contributed by atoms with Gasteiger partial charge in [0.05, 0.1) is 0 Å². The zero-order valence-electron chi connectivity index (χ0n) is 12.2. The van der Waals surface area contributed by atoms with Crippen LogP contribution in [0.5, 0.6) is 0 Å². The Kier molecular flexibility index (Phi) is 4.22. The second-order valence-electron chi connectivity index (χ2n) is 5.88. The molecule has 0 spiro atoms. The Bertz CT molecular complexity index is 463. The van der Waals surface area contributed by atoms with Crippen molar-refractivity contribution < 1.29 is 4.39 Å². The average Bonchev–Trinajstić information content (AvgIpc) is 2.92. The van der Waals surface area contributed by atoms with Crippen molar-refractivity contribution in [3.8, 4) is 0 Å². The largest absolute Gasteiger partial charge is 0.369 e. The fourth-order valence-corrected chi connectivity index (χ4v) is 3.41. The Hall–Kier alpha value is -1.13. The third-order valence-electron chi connectivity index (χ3n) is 4.47. The van der Waals surface area contributed by atoms with Crippen LogP contribution in [0, 0.1) is 5.82 Å². The molecule has 20 heavy (non-hydrogen) atoms. The van der Waals surface area contributed by atoms with Crippen LogP contribution in [0.3, 0.4) is 0 Å². The van der Waals surface area contributed by atoms with Gasteiger partial charge in [0.15, 0.2) is 0 Å². The molecule has 3 nitrogen and oxygen atoms in total. The van der Waals surface area contributed by atoms with E-state index in [1.54, 1.807) is 12.1 Å². The Balaban J connectivity index is 1.74. The van der Waals surface area contributed by atoms with E-state index in [9.17, 15) is 4.39 Å². The molecule has 1 N–H and O–H groups in total. The molecule has 0 aromatic heterocycles. The molecule has 0 amide bonds. The standard InChI is InChI=1S/C16H24FN3/c1-2-18-11-13-8-14(17)10-16(9-13)20-7-6-19-5-3-4-15(19)12-20/h8-10,15,18H,2-7,11-12H2,1H3. The highest BCUT2D eigenvalue weighted by Crippen LogP contribution is 2.26. The molecule has 110 valence electrons. The predicted octanol–water partition coefficient (Wildman–Crippen LogP) is 2.22. The molecule has 1 aromatic rings. The highest BCUT2D eigenvalue weighted by Gasteiger charge is 2.30. The molecule has 0 aliphatic carbocycles. The first-order valence-electron chi connectivity index (χ1n) is 7.75. The minimum atomic E-state index is -0.121. The zero-order chi connectivity index (χ0) is 13.9. The summed E-state index contributed by atoms with van der Waals surface area (Å²) < 4.78 is 13.8. The van der Waals surface area contributed by atoms with Crippen molar-refractivity contribution in [2.75, 3.05) is 37.6 Å². The van der Waals surface area contributed by atoms with Gasteiger partial charge in [-0.05, 0) is 49.7 Å². The molecule has 2 fully saturated rings. The van der Waals surface area contributed by atoms with Gasteiger partial charge in [-0.3, -0.25) is 4.90 Å². The first kappa shape index (κ1) is 13.8. The molecule has 3 rings (SSSR count). The van der Waals surface area contributed by atoms with Gasteiger partial charge in [-0.15, -0.1) is 0 Å². The van der Waals surface area contributed by atoms with Gasteiger partial charge in [-0.2, -0.15) is 0 Å². The molecule has 0 saturated carbocycles. The molecule has 0 radical (unpaired) electrons. The molecular weight excluding hydrogens is 253 g/mol. The Morgan fingerprint density at radius 1 is 1.25 bits per heavy atom. The van der Waals surface area contributed by atoms with Crippen LogP contribution in [0.4, 0.5) is 10.1 Å². The van der Waals surface area contributed by atoms with Crippen LogP contribution in [0.25, 0.3) is 0 Å². The van der Waals surface area contributed by atoms with E-state index < -0.39 is 0 Å². The summed E-state index contributed by atoms with van der Waals surface area (Å²) in [4.78, 5) is 4.93. The van der Waals surface area contributed by atoms with E-state index in [0.717, 1.165) is 44.0 Å². The second-order valence-corrected chi connectivity index (χ2v) is 5.88. The molecule has 1 unspecified atom stereocenters. The number of nitrogens with zero attached hydrogens (tertiary/aromatic N) is 2. The average molecular weight is 277 g/mol. The smallest absolute Gasteiger partial charge is 0.125 e. The lowest BCUT2D eigenvalue weighted by Gasteiger charge is -2.39. The Labute approximate surface area is 120 Å². The van der Waals surface area contributed by atoms with Gasteiger partial charge in [-0.1, -0.05) is 6.92 Å². The van der Waals surface area contributed by atoms with Gasteiger partial charge in [0, 0.05) is 37.9 Å². The maximum Gasteiger partial charge on any atom is 0.125 e. The lowest BCUT2D eigenvalue weighted by Crippen LogP contribution is -2.50. The van der Waals surface area contributed by atoms with Gasteiger partial charge in [-0.25, -0.2) is 4.39 Å². The second kappa shape index (κ2) is 6.10. The van der Waals surface area contributed by atoms with Gasteiger partial charge in [0.1, 0.15) is 5.82 Å². The van der Waals surface area contributed by atoms with E-state index in [-0.39, 0.29) is 5.82 Å². The molecule has 2 saturated heterocycles. The highest BCUT2D eigenvalue weighted by molar-refractivity contribution is 5.50. The monoisotopic (exact) mass is 277 g/mol. The molecule has 4 heteroatoms. The summed E-state index contributed by atoms with van der Waals surface area (Å²) in [6.07, 6.45) is 2.60. The lowest BCUT2D eigenvalue weighted by molar-refractivity contribution is 0.231. The summed E-state index contributed by atoms with van der Waals surface area (Å²) in [5.41, 5.74) is 2.08. The van der Waals surface area contributed by atoms with Crippen molar-refractivity contribution in [1.29, 1.82) is 0 Å². The van der Waals surface area contributed by atoms with Gasteiger partial charge in [0.25, 0.3) is 0 Å².